The molecule has 0 saturated carbocycles. The first-order valence-corrected chi connectivity index (χ1v) is 11.1. The number of rotatable bonds is 8. The minimum absolute atomic E-state index is 0.233. The van der Waals surface area contributed by atoms with E-state index in [9.17, 15) is 8.42 Å². The van der Waals surface area contributed by atoms with Crippen LogP contribution in [0.15, 0.2) is 46.7 Å². The van der Waals surface area contributed by atoms with Crippen LogP contribution in [0.3, 0.4) is 0 Å². The van der Waals surface area contributed by atoms with E-state index >= 15 is 0 Å². The van der Waals surface area contributed by atoms with Gasteiger partial charge in [0.05, 0.1) is 0 Å². The number of anilines is 3. The van der Waals surface area contributed by atoms with Crippen LogP contribution in [-0.4, -0.2) is 31.5 Å². The number of benzene rings is 1. The molecule has 3 N–H and O–H groups in total. The molecule has 0 fully saturated rings. The van der Waals surface area contributed by atoms with E-state index in [0.717, 1.165) is 16.3 Å². The highest BCUT2D eigenvalue weighted by Crippen LogP contribution is 2.20. The van der Waals surface area contributed by atoms with Gasteiger partial charge in [0, 0.05) is 35.4 Å². The number of nitrogens with zero attached hydrogens (tertiary/aromatic N) is 2. The fraction of sp³-hybridized carbons (Fsp3) is 0.263. The lowest BCUT2D eigenvalue weighted by atomic mass is 10.2. The van der Waals surface area contributed by atoms with Gasteiger partial charge in [0.2, 0.25) is 16.0 Å². The third kappa shape index (κ3) is 5.51. The molecule has 9 heteroatoms. The minimum atomic E-state index is -3.48. The lowest BCUT2D eigenvalue weighted by Gasteiger charge is -2.10. The second-order valence-electron chi connectivity index (χ2n) is 6.40. The van der Waals surface area contributed by atoms with E-state index in [-0.39, 0.29) is 6.54 Å². The lowest BCUT2D eigenvalue weighted by molar-refractivity contribution is 0.585. The molecule has 0 spiro atoms. The van der Waals surface area contributed by atoms with Crippen LogP contribution in [0, 0.1) is 20.8 Å². The Morgan fingerprint density at radius 1 is 0.964 bits per heavy atom. The largest absolute Gasteiger partial charge is 0.353 e. The van der Waals surface area contributed by atoms with Crippen molar-refractivity contribution in [3.63, 3.8) is 0 Å². The fourth-order valence-corrected chi connectivity index (χ4v) is 4.84. The average molecular weight is 418 g/mol. The molecule has 0 aliphatic rings. The maximum Gasteiger partial charge on any atom is 0.250 e. The second kappa shape index (κ2) is 8.68. The molecule has 28 heavy (non-hydrogen) atoms. The molecule has 3 rings (SSSR count). The molecular weight excluding hydrogens is 394 g/mol. The summed E-state index contributed by atoms with van der Waals surface area (Å²) in [5.41, 5.74) is 2.93. The molecule has 0 unspecified atom stereocenters. The molecule has 2 aromatic heterocycles. The van der Waals surface area contributed by atoms with E-state index < -0.39 is 10.0 Å². The van der Waals surface area contributed by atoms with Crippen molar-refractivity contribution >= 4 is 38.8 Å². The molecule has 3 aromatic rings. The number of aryl methyl sites for hydroxylation is 3. The SMILES string of the molecule is Cc1ccc(Nc2cc(C)nc(NCCNS(=O)(=O)c3ccc(C)s3)n2)cc1. The summed E-state index contributed by atoms with van der Waals surface area (Å²) in [6.07, 6.45) is 0. The first kappa shape index (κ1) is 20.2. The van der Waals surface area contributed by atoms with Gasteiger partial charge in [0.1, 0.15) is 10.0 Å². The topological polar surface area (TPSA) is 96.0 Å². The van der Waals surface area contributed by atoms with Crippen LogP contribution in [0.25, 0.3) is 0 Å². The van der Waals surface area contributed by atoms with Gasteiger partial charge in [-0.05, 0) is 45.0 Å². The number of hydrogen-bond acceptors (Lipinski definition) is 7. The first-order valence-electron chi connectivity index (χ1n) is 8.81. The zero-order chi connectivity index (χ0) is 20.1. The number of thiophene rings is 1. The van der Waals surface area contributed by atoms with Crippen molar-refractivity contribution in [1.82, 2.24) is 14.7 Å². The monoisotopic (exact) mass is 417 g/mol. The second-order valence-corrected chi connectivity index (χ2v) is 9.68. The van der Waals surface area contributed by atoms with Gasteiger partial charge >= 0.3 is 0 Å². The Kier molecular flexibility index (Phi) is 6.28. The summed E-state index contributed by atoms with van der Waals surface area (Å²) in [7, 11) is -3.48. The van der Waals surface area contributed by atoms with Crippen LogP contribution in [0.2, 0.25) is 0 Å². The van der Waals surface area contributed by atoms with E-state index in [4.69, 9.17) is 0 Å². The van der Waals surface area contributed by atoms with Gasteiger partial charge < -0.3 is 10.6 Å². The summed E-state index contributed by atoms with van der Waals surface area (Å²) in [6, 6.07) is 13.3. The zero-order valence-corrected chi connectivity index (χ0v) is 17.6. The summed E-state index contributed by atoms with van der Waals surface area (Å²) in [5.74, 6) is 1.12. The normalized spacial score (nSPS) is 11.4. The van der Waals surface area contributed by atoms with Gasteiger partial charge in [-0.3, -0.25) is 0 Å². The molecule has 148 valence electrons. The molecule has 0 radical (unpaired) electrons. The van der Waals surface area contributed by atoms with Crippen LogP contribution < -0.4 is 15.4 Å². The van der Waals surface area contributed by atoms with Crippen molar-refractivity contribution in [3.05, 3.63) is 58.6 Å². The average Bonchev–Trinajstić information content (AvgIpc) is 3.08. The Hall–Kier alpha value is -2.49. The molecule has 0 amide bonds. The van der Waals surface area contributed by atoms with Gasteiger partial charge in [0.15, 0.2) is 0 Å². The maximum atomic E-state index is 12.2. The fourth-order valence-electron chi connectivity index (χ4n) is 2.48. The van der Waals surface area contributed by atoms with E-state index in [1.54, 1.807) is 12.1 Å². The highest BCUT2D eigenvalue weighted by Gasteiger charge is 2.15. The van der Waals surface area contributed by atoms with E-state index in [1.807, 2.05) is 51.1 Å². The highest BCUT2D eigenvalue weighted by atomic mass is 32.2. The van der Waals surface area contributed by atoms with Crippen molar-refractivity contribution in [3.8, 4) is 0 Å². The Labute approximate surface area is 169 Å². The van der Waals surface area contributed by atoms with Gasteiger partial charge in [-0.1, -0.05) is 17.7 Å². The highest BCUT2D eigenvalue weighted by molar-refractivity contribution is 7.91. The Balaban J connectivity index is 1.57. The predicted octanol–water partition coefficient (Wildman–Crippen LogP) is 3.60. The molecule has 2 heterocycles. The Morgan fingerprint density at radius 3 is 2.39 bits per heavy atom. The van der Waals surface area contributed by atoms with Crippen LogP contribution in [0.4, 0.5) is 17.5 Å². The maximum absolute atomic E-state index is 12.2. The number of nitrogens with one attached hydrogen (secondary N) is 3. The quantitative estimate of drug-likeness (QED) is 0.485. The van der Waals surface area contributed by atoms with Crippen LogP contribution >= 0.6 is 11.3 Å². The number of hydrogen-bond donors (Lipinski definition) is 3. The van der Waals surface area contributed by atoms with Crippen molar-refractivity contribution < 1.29 is 8.42 Å². The van der Waals surface area contributed by atoms with E-state index in [0.29, 0.717) is 22.5 Å². The molecule has 0 aliphatic heterocycles. The predicted molar refractivity (Wildman–Crippen MR) is 114 cm³/mol. The standard InChI is InChI=1S/C19H23N5O2S2/c1-13-4-7-16(8-5-13)23-17-12-14(2)22-19(24-17)20-10-11-21-28(25,26)18-9-6-15(3)27-18/h4-9,12,21H,10-11H2,1-3H3,(H2,20,22,23,24). The van der Waals surface area contributed by atoms with Crippen molar-refractivity contribution in [2.24, 2.45) is 0 Å². The molecule has 1 aromatic carbocycles. The van der Waals surface area contributed by atoms with E-state index in [2.05, 4.69) is 25.3 Å². The van der Waals surface area contributed by atoms with Gasteiger partial charge in [0.25, 0.3) is 0 Å². The van der Waals surface area contributed by atoms with Crippen molar-refractivity contribution in [1.29, 1.82) is 0 Å². The van der Waals surface area contributed by atoms with Crippen LogP contribution in [0.5, 0.6) is 0 Å². The number of aromatic nitrogens is 2. The van der Waals surface area contributed by atoms with Crippen LogP contribution in [0.1, 0.15) is 16.1 Å². The van der Waals surface area contributed by atoms with Gasteiger partial charge in [-0.25, -0.2) is 18.1 Å². The van der Waals surface area contributed by atoms with Crippen molar-refractivity contribution in [2.75, 3.05) is 23.7 Å². The van der Waals surface area contributed by atoms with Gasteiger partial charge in [-0.15, -0.1) is 11.3 Å². The first-order chi connectivity index (χ1) is 13.3. The minimum Gasteiger partial charge on any atom is -0.353 e. The van der Waals surface area contributed by atoms with Gasteiger partial charge in [-0.2, -0.15) is 4.98 Å². The molecular formula is C19H23N5O2S2. The van der Waals surface area contributed by atoms with Crippen LogP contribution in [-0.2, 0) is 10.0 Å². The summed E-state index contributed by atoms with van der Waals surface area (Å²) in [6.45, 7) is 6.40. The Bertz CT molecular complexity index is 1050. The third-order valence-electron chi connectivity index (χ3n) is 3.86. The molecule has 7 nitrogen and oxygen atoms in total. The smallest absolute Gasteiger partial charge is 0.250 e. The molecule has 0 saturated heterocycles. The van der Waals surface area contributed by atoms with E-state index in [1.165, 1.54) is 16.9 Å². The molecule has 0 atom stereocenters. The summed E-state index contributed by atoms with van der Waals surface area (Å²) in [4.78, 5) is 9.74. The lowest BCUT2D eigenvalue weighted by Crippen LogP contribution is -2.28. The summed E-state index contributed by atoms with van der Waals surface area (Å²) in [5, 5.41) is 6.31. The number of sulfonamides is 1. The summed E-state index contributed by atoms with van der Waals surface area (Å²) < 4.78 is 27.3. The molecule has 0 aliphatic carbocycles. The zero-order valence-electron chi connectivity index (χ0n) is 16.0. The van der Waals surface area contributed by atoms with Crippen molar-refractivity contribution in [2.45, 2.75) is 25.0 Å². The third-order valence-corrected chi connectivity index (χ3v) is 6.81. The molecule has 0 bridgehead atoms. The summed E-state index contributed by atoms with van der Waals surface area (Å²) >= 11 is 1.25. The Morgan fingerprint density at radius 2 is 1.71 bits per heavy atom.